The van der Waals surface area contributed by atoms with E-state index in [1.807, 2.05) is 48.2 Å². The van der Waals surface area contributed by atoms with Crippen molar-refractivity contribution in [3.05, 3.63) is 57.3 Å². The van der Waals surface area contributed by atoms with Crippen molar-refractivity contribution in [2.75, 3.05) is 13.1 Å². The van der Waals surface area contributed by atoms with Crippen LogP contribution in [-0.2, 0) is 6.54 Å². The Morgan fingerprint density at radius 3 is 2.52 bits per heavy atom. The summed E-state index contributed by atoms with van der Waals surface area (Å²) in [5, 5.41) is 0. The fourth-order valence-electron chi connectivity index (χ4n) is 2.17. The molecule has 21 heavy (non-hydrogen) atoms. The van der Waals surface area contributed by atoms with Gasteiger partial charge in [-0.25, -0.2) is 0 Å². The topological polar surface area (TPSA) is 46.3 Å². The first kappa shape index (κ1) is 15.7. The van der Waals surface area contributed by atoms with Crippen molar-refractivity contribution in [3.63, 3.8) is 0 Å². The molecular weight excluding hydrogens is 280 g/mol. The summed E-state index contributed by atoms with van der Waals surface area (Å²) in [6, 6.07) is 12.1. The van der Waals surface area contributed by atoms with Crippen molar-refractivity contribution in [2.45, 2.75) is 26.8 Å². The SMILES string of the molecule is Cc1cc(C(=O)N(CCCN)Cc2ccccc2)sc1C. The van der Waals surface area contributed by atoms with Crippen molar-refractivity contribution in [3.8, 4) is 0 Å². The molecule has 0 radical (unpaired) electrons. The van der Waals surface area contributed by atoms with Gasteiger partial charge in [0.15, 0.2) is 0 Å². The van der Waals surface area contributed by atoms with Crippen LogP contribution in [0.4, 0.5) is 0 Å². The molecule has 1 aromatic heterocycles. The van der Waals surface area contributed by atoms with Crippen LogP contribution in [0, 0.1) is 13.8 Å². The molecule has 1 amide bonds. The predicted octanol–water partition coefficient (Wildman–Crippen LogP) is 3.36. The molecule has 0 unspecified atom stereocenters. The van der Waals surface area contributed by atoms with Crippen molar-refractivity contribution in [1.82, 2.24) is 4.90 Å². The van der Waals surface area contributed by atoms with Gasteiger partial charge < -0.3 is 10.6 Å². The fraction of sp³-hybridized carbons (Fsp3) is 0.353. The zero-order valence-electron chi connectivity index (χ0n) is 12.6. The number of aryl methyl sites for hydroxylation is 2. The molecule has 0 aliphatic rings. The van der Waals surface area contributed by atoms with Crippen LogP contribution in [0.3, 0.4) is 0 Å². The highest BCUT2D eigenvalue weighted by Gasteiger charge is 2.18. The van der Waals surface area contributed by atoms with Gasteiger partial charge in [0.2, 0.25) is 0 Å². The second-order valence-electron chi connectivity index (χ2n) is 5.20. The number of nitrogens with zero attached hydrogens (tertiary/aromatic N) is 1. The molecule has 0 saturated heterocycles. The van der Waals surface area contributed by atoms with Crippen LogP contribution in [-0.4, -0.2) is 23.9 Å². The summed E-state index contributed by atoms with van der Waals surface area (Å²) in [5.74, 6) is 0.105. The first-order chi connectivity index (χ1) is 10.1. The molecule has 0 bridgehead atoms. The maximum absolute atomic E-state index is 12.7. The van der Waals surface area contributed by atoms with E-state index >= 15 is 0 Å². The zero-order chi connectivity index (χ0) is 15.2. The Labute approximate surface area is 130 Å². The highest BCUT2D eigenvalue weighted by atomic mass is 32.1. The largest absolute Gasteiger partial charge is 0.334 e. The van der Waals surface area contributed by atoms with Crippen LogP contribution in [0.25, 0.3) is 0 Å². The van der Waals surface area contributed by atoms with Gasteiger partial charge in [-0.05, 0) is 44.0 Å². The lowest BCUT2D eigenvalue weighted by molar-refractivity contribution is 0.0747. The lowest BCUT2D eigenvalue weighted by Gasteiger charge is -2.22. The third-order valence-electron chi connectivity index (χ3n) is 3.51. The monoisotopic (exact) mass is 302 g/mol. The molecular formula is C17H22N2OS. The quantitative estimate of drug-likeness (QED) is 0.889. The van der Waals surface area contributed by atoms with Crippen LogP contribution < -0.4 is 5.73 Å². The fourth-order valence-corrected chi connectivity index (χ4v) is 3.17. The molecule has 112 valence electrons. The average molecular weight is 302 g/mol. The highest BCUT2D eigenvalue weighted by Crippen LogP contribution is 2.23. The van der Waals surface area contributed by atoms with Gasteiger partial charge in [0.1, 0.15) is 0 Å². The Kier molecular flexibility index (Phi) is 5.53. The molecule has 1 aromatic carbocycles. The zero-order valence-corrected chi connectivity index (χ0v) is 13.5. The molecule has 2 N–H and O–H groups in total. The minimum absolute atomic E-state index is 0.105. The summed E-state index contributed by atoms with van der Waals surface area (Å²) in [5.41, 5.74) is 7.93. The van der Waals surface area contributed by atoms with E-state index in [2.05, 4.69) is 6.92 Å². The molecule has 2 rings (SSSR count). The van der Waals surface area contributed by atoms with Crippen LogP contribution in [0.15, 0.2) is 36.4 Å². The number of nitrogens with two attached hydrogens (primary N) is 1. The number of carbonyl (C=O) groups excluding carboxylic acids is 1. The number of benzene rings is 1. The standard InChI is InChI=1S/C17H22N2OS/c1-13-11-16(21-14(13)2)17(20)19(10-6-9-18)12-15-7-4-3-5-8-15/h3-5,7-8,11H,6,9-10,12,18H2,1-2H3. The summed E-state index contributed by atoms with van der Waals surface area (Å²) in [7, 11) is 0. The predicted molar refractivity (Wildman–Crippen MR) is 88.6 cm³/mol. The minimum atomic E-state index is 0.105. The highest BCUT2D eigenvalue weighted by molar-refractivity contribution is 7.14. The van der Waals surface area contributed by atoms with Gasteiger partial charge in [-0.1, -0.05) is 30.3 Å². The Morgan fingerprint density at radius 2 is 1.95 bits per heavy atom. The van der Waals surface area contributed by atoms with E-state index in [4.69, 9.17) is 5.73 Å². The second-order valence-corrected chi connectivity index (χ2v) is 6.46. The van der Waals surface area contributed by atoms with Crippen molar-refractivity contribution < 1.29 is 4.79 Å². The molecule has 1 heterocycles. The van der Waals surface area contributed by atoms with E-state index < -0.39 is 0 Å². The first-order valence-electron chi connectivity index (χ1n) is 7.22. The lowest BCUT2D eigenvalue weighted by Crippen LogP contribution is -2.32. The normalized spacial score (nSPS) is 10.6. The lowest BCUT2D eigenvalue weighted by atomic mass is 10.2. The van der Waals surface area contributed by atoms with Gasteiger partial charge >= 0.3 is 0 Å². The summed E-state index contributed by atoms with van der Waals surface area (Å²) >= 11 is 1.57. The summed E-state index contributed by atoms with van der Waals surface area (Å²) in [4.78, 5) is 16.6. The van der Waals surface area contributed by atoms with E-state index in [1.54, 1.807) is 11.3 Å². The Bertz CT molecular complexity index is 573. The molecule has 0 spiro atoms. The van der Waals surface area contributed by atoms with E-state index in [0.29, 0.717) is 19.6 Å². The van der Waals surface area contributed by atoms with E-state index in [-0.39, 0.29) is 5.91 Å². The second kappa shape index (κ2) is 7.38. The van der Waals surface area contributed by atoms with E-state index in [0.717, 1.165) is 16.9 Å². The molecule has 0 atom stereocenters. The van der Waals surface area contributed by atoms with Crippen LogP contribution in [0.5, 0.6) is 0 Å². The van der Waals surface area contributed by atoms with Gasteiger partial charge in [0.05, 0.1) is 4.88 Å². The van der Waals surface area contributed by atoms with Crippen molar-refractivity contribution in [1.29, 1.82) is 0 Å². The molecule has 2 aromatic rings. The van der Waals surface area contributed by atoms with Crippen molar-refractivity contribution >= 4 is 17.2 Å². The number of carbonyl (C=O) groups is 1. The number of thiophene rings is 1. The van der Waals surface area contributed by atoms with E-state index in [9.17, 15) is 4.79 Å². The van der Waals surface area contributed by atoms with Gasteiger partial charge in [-0.15, -0.1) is 11.3 Å². The molecule has 0 aliphatic carbocycles. The number of hydrogen-bond donors (Lipinski definition) is 1. The molecule has 4 heteroatoms. The average Bonchev–Trinajstić information content (AvgIpc) is 2.83. The Balaban J connectivity index is 2.16. The molecule has 3 nitrogen and oxygen atoms in total. The third kappa shape index (κ3) is 4.16. The Morgan fingerprint density at radius 1 is 1.24 bits per heavy atom. The maximum Gasteiger partial charge on any atom is 0.264 e. The van der Waals surface area contributed by atoms with Gasteiger partial charge in [0.25, 0.3) is 5.91 Å². The van der Waals surface area contributed by atoms with Gasteiger partial charge in [-0.2, -0.15) is 0 Å². The van der Waals surface area contributed by atoms with Gasteiger partial charge in [-0.3, -0.25) is 4.79 Å². The summed E-state index contributed by atoms with van der Waals surface area (Å²) < 4.78 is 0. The molecule has 0 fully saturated rings. The van der Waals surface area contributed by atoms with Crippen LogP contribution in [0.2, 0.25) is 0 Å². The molecule has 0 aliphatic heterocycles. The smallest absolute Gasteiger partial charge is 0.264 e. The first-order valence-corrected chi connectivity index (χ1v) is 8.03. The Hall–Kier alpha value is -1.65. The number of amides is 1. The maximum atomic E-state index is 12.7. The number of hydrogen-bond acceptors (Lipinski definition) is 3. The minimum Gasteiger partial charge on any atom is -0.334 e. The number of rotatable bonds is 6. The van der Waals surface area contributed by atoms with Crippen LogP contribution in [0.1, 0.15) is 32.1 Å². The molecule has 0 saturated carbocycles. The van der Waals surface area contributed by atoms with E-state index in [1.165, 1.54) is 10.4 Å². The van der Waals surface area contributed by atoms with Crippen molar-refractivity contribution in [2.24, 2.45) is 5.73 Å². The third-order valence-corrected chi connectivity index (χ3v) is 4.65. The van der Waals surface area contributed by atoms with Gasteiger partial charge in [0, 0.05) is 18.0 Å². The summed E-state index contributed by atoms with van der Waals surface area (Å²) in [6.07, 6.45) is 0.821. The summed E-state index contributed by atoms with van der Waals surface area (Å²) in [6.45, 7) is 6.03. The van der Waals surface area contributed by atoms with Crippen LogP contribution >= 0.6 is 11.3 Å².